The van der Waals surface area contributed by atoms with Gasteiger partial charge >= 0.3 is 0 Å². The maximum absolute atomic E-state index is 5.09. The Balaban J connectivity index is 1.15. The van der Waals surface area contributed by atoms with Crippen LogP contribution in [-0.4, -0.2) is 19.5 Å². The molecule has 5 heteroatoms. The van der Waals surface area contributed by atoms with Crippen molar-refractivity contribution in [2.24, 2.45) is 0 Å². The summed E-state index contributed by atoms with van der Waals surface area (Å²) < 4.78 is 4.85. The van der Waals surface area contributed by atoms with Gasteiger partial charge in [0.05, 0.1) is 0 Å². The van der Waals surface area contributed by atoms with Crippen molar-refractivity contribution in [3.63, 3.8) is 0 Å². The first-order chi connectivity index (χ1) is 22.3. The van der Waals surface area contributed by atoms with Crippen LogP contribution in [0.1, 0.15) is 5.56 Å². The van der Waals surface area contributed by atoms with Gasteiger partial charge in [-0.05, 0) is 29.8 Å². The van der Waals surface area contributed by atoms with Gasteiger partial charge in [0.1, 0.15) is 0 Å². The van der Waals surface area contributed by atoms with Crippen molar-refractivity contribution in [2.45, 2.75) is 6.54 Å². The third kappa shape index (κ3) is 4.40. The van der Waals surface area contributed by atoms with Gasteiger partial charge in [0.2, 0.25) is 0 Å². The molecule has 0 bridgehead atoms. The fourth-order valence-corrected chi connectivity index (χ4v) is 7.59. The van der Waals surface area contributed by atoms with E-state index in [-0.39, 0.29) is 0 Å². The lowest BCUT2D eigenvalue weighted by Crippen LogP contribution is -2.01. The van der Waals surface area contributed by atoms with Crippen molar-refractivity contribution in [3.8, 4) is 34.2 Å². The average molecular weight is 595 g/mol. The molecule has 3 aromatic heterocycles. The summed E-state index contributed by atoms with van der Waals surface area (Å²) in [4.78, 5) is 15.1. The summed E-state index contributed by atoms with van der Waals surface area (Å²) in [5.74, 6) is 2.02. The highest BCUT2D eigenvalue weighted by atomic mass is 32.1. The largest absolute Gasteiger partial charge is 0.336 e. The molecule has 0 aliphatic heterocycles. The lowest BCUT2D eigenvalue weighted by Gasteiger charge is -2.11. The lowest BCUT2D eigenvalue weighted by molar-refractivity contribution is 0.869. The third-order valence-electron chi connectivity index (χ3n) is 8.55. The molecule has 4 nitrogen and oxygen atoms in total. The zero-order chi connectivity index (χ0) is 29.7. The molecule has 0 N–H and O–H groups in total. The number of thiophene rings is 1. The van der Waals surface area contributed by atoms with Crippen LogP contribution >= 0.6 is 11.3 Å². The Bertz CT molecular complexity index is 2460. The van der Waals surface area contributed by atoms with Gasteiger partial charge in [-0.3, -0.25) is 0 Å². The van der Waals surface area contributed by atoms with Crippen molar-refractivity contribution in [2.75, 3.05) is 0 Å². The Morgan fingerprint density at radius 3 is 1.71 bits per heavy atom. The number of aromatic nitrogens is 4. The molecule has 0 saturated heterocycles. The predicted molar refractivity (Wildman–Crippen MR) is 188 cm³/mol. The second-order valence-corrected chi connectivity index (χ2v) is 12.3. The van der Waals surface area contributed by atoms with Crippen LogP contribution in [0.15, 0.2) is 146 Å². The summed E-state index contributed by atoms with van der Waals surface area (Å²) in [6.45, 7) is 0.778. The monoisotopic (exact) mass is 594 g/mol. The van der Waals surface area contributed by atoms with Crippen LogP contribution in [0.2, 0.25) is 0 Å². The van der Waals surface area contributed by atoms with Gasteiger partial charge in [0.15, 0.2) is 17.5 Å². The van der Waals surface area contributed by atoms with E-state index in [9.17, 15) is 0 Å². The fraction of sp³-hybridized carbons (Fsp3) is 0.0250. The molecule has 9 rings (SSSR count). The van der Waals surface area contributed by atoms with Gasteiger partial charge in [-0.1, -0.05) is 121 Å². The minimum Gasteiger partial charge on any atom is -0.336 e. The van der Waals surface area contributed by atoms with E-state index in [1.807, 2.05) is 18.2 Å². The van der Waals surface area contributed by atoms with Crippen LogP contribution in [0.4, 0.5) is 0 Å². The van der Waals surface area contributed by atoms with Crippen LogP contribution < -0.4 is 0 Å². The molecule has 0 amide bonds. The molecule has 212 valence electrons. The van der Waals surface area contributed by atoms with E-state index in [0.29, 0.717) is 17.5 Å². The van der Waals surface area contributed by atoms with Crippen molar-refractivity contribution in [1.82, 2.24) is 19.5 Å². The molecule has 3 heterocycles. The minimum absolute atomic E-state index is 0.667. The number of hydrogen-bond acceptors (Lipinski definition) is 4. The lowest BCUT2D eigenvalue weighted by atomic mass is 10.1. The van der Waals surface area contributed by atoms with E-state index in [1.165, 1.54) is 47.5 Å². The van der Waals surface area contributed by atoms with Gasteiger partial charge in [-0.15, -0.1) is 11.3 Å². The van der Waals surface area contributed by atoms with Crippen LogP contribution in [0.5, 0.6) is 0 Å². The van der Waals surface area contributed by atoms with E-state index in [2.05, 4.69) is 132 Å². The smallest absolute Gasteiger partial charge is 0.165 e. The Hall–Kier alpha value is -5.65. The van der Waals surface area contributed by atoms with E-state index >= 15 is 0 Å². The highest BCUT2D eigenvalue weighted by molar-refractivity contribution is 7.26. The summed E-state index contributed by atoms with van der Waals surface area (Å²) >= 11 is 1.79. The predicted octanol–water partition coefficient (Wildman–Crippen LogP) is 10.4. The zero-order valence-electron chi connectivity index (χ0n) is 24.3. The van der Waals surface area contributed by atoms with Crippen LogP contribution in [0.3, 0.4) is 0 Å². The second kappa shape index (κ2) is 10.5. The topological polar surface area (TPSA) is 43.6 Å². The highest BCUT2D eigenvalue weighted by Gasteiger charge is 2.17. The van der Waals surface area contributed by atoms with Gasteiger partial charge in [-0.25, -0.2) is 15.0 Å². The van der Waals surface area contributed by atoms with Crippen LogP contribution in [0, 0.1) is 0 Å². The quantitative estimate of drug-likeness (QED) is 0.199. The van der Waals surface area contributed by atoms with Gasteiger partial charge in [-0.2, -0.15) is 0 Å². The molecule has 0 radical (unpaired) electrons. The molecule has 0 aliphatic rings. The molecule has 6 aromatic carbocycles. The first-order valence-electron chi connectivity index (χ1n) is 15.1. The van der Waals surface area contributed by atoms with Crippen molar-refractivity contribution < 1.29 is 0 Å². The summed E-state index contributed by atoms with van der Waals surface area (Å²) in [5, 5.41) is 5.05. The maximum Gasteiger partial charge on any atom is 0.165 e. The van der Waals surface area contributed by atoms with Crippen molar-refractivity contribution in [3.05, 3.63) is 151 Å². The normalized spacial score (nSPS) is 11.6. The fourth-order valence-electron chi connectivity index (χ4n) is 6.38. The standard InChI is InChI=1S/C40H26N4S/c1-2-11-27(12-3-1)38-41-39(43-40(42-38)33-17-10-16-32-31-15-6-9-20-36(31)45-37(32)33)28-23-21-26(22-24-28)25-44-34-18-7-4-13-29(34)30-14-5-8-19-35(30)44/h1-24H,25H2. The molecule has 0 unspecified atom stereocenters. The van der Waals surface area contributed by atoms with Crippen molar-refractivity contribution in [1.29, 1.82) is 0 Å². The SMILES string of the molecule is c1ccc(-c2nc(-c3ccc(Cn4c5ccccc5c5ccccc54)cc3)nc(-c3cccc4c3sc3ccccc34)n2)cc1. The molecule has 0 fully saturated rings. The third-order valence-corrected chi connectivity index (χ3v) is 9.77. The van der Waals surface area contributed by atoms with E-state index in [1.54, 1.807) is 11.3 Å². The number of rotatable bonds is 5. The molecule has 9 aromatic rings. The summed E-state index contributed by atoms with van der Waals surface area (Å²) in [6.07, 6.45) is 0. The Morgan fingerprint density at radius 1 is 0.444 bits per heavy atom. The van der Waals surface area contributed by atoms with Crippen molar-refractivity contribution >= 4 is 53.3 Å². The second-order valence-electron chi connectivity index (χ2n) is 11.3. The van der Waals surface area contributed by atoms with Crippen LogP contribution in [0.25, 0.3) is 76.1 Å². The first kappa shape index (κ1) is 25.8. The van der Waals surface area contributed by atoms with Gasteiger partial charge in [0, 0.05) is 65.2 Å². The first-order valence-corrected chi connectivity index (χ1v) is 15.9. The molecule has 0 saturated carbocycles. The summed E-state index contributed by atoms with van der Waals surface area (Å²) in [7, 11) is 0. The number of hydrogen-bond donors (Lipinski definition) is 0. The Kier molecular flexibility index (Phi) is 6.03. The molecule has 0 aliphatic carbocycles. The van der Waals surface area contributed by atoms with Gasteiger partial charge in [0.25, 0.3) is 0 Å². The summed E-state index contributed by atoms with van der Waals surface area (Å²) in [5.41, 5.74) is 6.66. The molecule has 0 spiro atoms. The number of nitrogens with zero attached hydrogens (tertiary/aromatic N) is 4. The van der Waals surface area contributed by atoms with E-state index in [4.69, 9.17) is 15.0 Å². The molecule has 0 atom stereocenters. The number of benzene rings is 6. The van der Waals surface area contributed by atoms with E-state index in [0.717, 1.165) is 23.2 Å². The Morgan fingerprint density at radius 2 is 1.00 bits per heavy atom. The Labute approximate surface area is 263 Å². The number of fused-ring (bicyclic) bond motifs is 6. The maximum atomic E-state index is 5.09. The molecular weight excluding hydrogens is 569 g/mol. The molecule has 45 heavy (non-hydrogen) atoms. The highest BCUT2D eigenvalue weighted by Crippen LogP contribution is 2.39. The van der Waals surface area contributed by atoms with Crippen LogP contribution in [-0.2, 0) is 6.54 Å². The summed E-state index contributed by atoms with van der Waals surface area (Å²) in [6, 6.07) is 51.1. The molecular formula is C40H26N4S. The van der Waals surface area contributed by atoms with E-state index < -0.39 is 0 Å². The number of para-hydroxylation sites is 2. The van der Waals surface area contributed by atoms with Gasteiger partial charge < -0.3 is 4.57 Å². The average Bonchev–Trinajstić information content (AvgIpc) is 3.65. The minimum atomic E-state index is 0.667. The zero-order valence-corrected chi connectivity index (χ0v) is 25.1.